The highest BCUT2D eigenvalue weighted by Gasteiger charge is 2.25. The number of rotatable bonds is 3. The molecule has 0 spiro atoms. The summed E-state index contributed by atoms with van der Waals surface area (Å²) in [6.45, 7) is 12.1. The van der Waals surface area contributed by atoms with Crippen LogP contribution in [0.25, 0.3) is 0 Å². The monoisotopic (exact) mass is 267 g/mol. The lowest BCUT2D eigenvalue weighted by Crippen LogP contribution is -2.19. The van der Waals surface area contributed by atoms with Gasteiger partial charge in [0, 0.05) is 16.3 Å². The molecule has 1 unspecified atom stereocenters. The largest absolute Gasteiger partial charge is 0.323 e. The molecule has 4 heteroatoms. The molecule has 0 radical (unpaired) electrons. The highest BCUT2D eigenvalue weighted by atomic mass is 32.1. The van der Waals surface area contributed by atoms with Gasteiger partial charge in [0.25, 0.3) is 0 Å². The third-order valence-electron chi connectivity index (χ3n) is 3.38. The van der Waals surface area contributed by atoms with Gasteiger partial charge in [0.05, 0.1) is 12.2 Å². The fraction of sp³-hybridized carbons (Fsp3) is 0.786. The second-order valence-corrected chi connectivity index (χ2v) is 7.46. The van der Waals surface area contributed by atoms with Gasteiger partial charge in [0.15, 0.2) is 0 Å². The lowest BCUT2D eigenvalue weighted by Gasteiger charge is -2.19. The van der Waals surface area contributed by atoms with Gasteiger partial charge in [-0.25, -0.2) is 4.98 Å². The lowest BCUT2D eigenvalue weighted by molar-refractivity contribution is 0.330. The van der Waals surface area contributed by atoms with E-state index in [1.807, 2.05) is 0 Å². The first-order valence-electron chi connectivity index (χ1n) is 6.86. The summed E-state index contributed by atoms with van der Waals surface area (Å²) in [5, 5.41) is 1.23. The van der Waals surface area contributed by atoms with Crippen LogP contribution in [0.15, 0.2) is 0 Å². The molecule has 1 aliphatic heterocycles. The van der Waals surface area contributed by atoms with Crippen LogP contribution in [-0.2, 0) is 12.0 Å². The molecule has 3 nitrogen and oxygen atoms in total. The summed E-state index contributed by atoms with van der Waals surface area (Å²) in [6, 6.07) is 0.0871. The summed E-state index contributed by atoms with van der Waals surface area (Å²) < 4.78 is 0. The zero-order valence-electron chi connectivity index (χ0n) is 12.0. The summed E-state index contributed by atoms with van der Waals surface area (Å²) in [7, 11) is 0. The van der Waals surface area contributed by atoms with Crippen LogP contribution in [0, 0.1) is 0 Å². The molecule has 1 aromatic heterocycles. The van der Waals surface area contributed by atoms with Gasteiger partial charge in [0.1, 0.15) is 5.01 Å². The fourth-order valence-corrected chi connectivity index (χ4v) is 3.70. The van der Waals surface area contributed by atoms with E-state index in [1.165, 1.54) is 41.5 Å². The number of hydrogen-bond donors (Lipinski definition) is 1. The molecule has 0 saturated carbocycles. The Morgan fingerprint density at radius 3 is 2.39 bits per heavy atom. The first kappa shape index (κ1) is 14.0. The van der Waals surface area contributed by atoms with Gasteiger partial charge in [-0.05, 0) is 32.9 Å². The highest BCUT2D eigenvalue weighted by molar-refractivity contribution is 7.11. The SMILES string of the molecule is CC(N)c1sc(CN2CCCC2)nc1C(C)(C)C. The van der Waals surface area contributed by atoms with Crippen LogP contribution in [0.2, 0.25) is 0 Å². The van der Waals surface area contributed by atoms with Crippen LogP contribution >= 0.6 is 11.3 Å². The lowest BCUT2D eigenvalue weighted by atomic mass is 9.90. The summed E-state index contributed by atoms with van der Waals surface area (Å²) in [4.78, 5) is 8.62. The van der Waals surface area contributed by atoms with Crippen molar-refractivity contribution in [2.24, 2.45) is 5.73 Å². The van der Waals surface area contributed by atoms with Crippen LogP contribution in [0.4, 0.5) is 0 Å². The van der Waals surface area contributed by atoms with E-state index in [9.17, 15) is 0 Å². The third kappa shape index (κ3) is 3.11. The van der Waals surface area contributed by atoms with Crippen molar-refractivity contribution in [2.45, 2.75) is 58.5 Å². The molecular formula is C14H25N3S. The molecule has 1 saturated heterocycles. The average Bonchev–Trinajstić information content (AvgIpc) is 2.85. The summed E-state index contributed by atoms with van der Waals surface area (Å²) in [5.41, 5.74) is 7.37. The van der Waals surface area contributed by atoms with Crippen molar-refractivity contribution in [3.8, 4) is 0 Å². The average molecular weight is 267 g/mol. The van der Waals surface area contributed by atoms with Gasteiger partial charge in [-0.1, -0.05) is 20.8 Å². The molecule has 1 aromatic rings. The molecular weight excluding hydrogens is 242 g/mol. The zero-order chi connectivity index (χ0) is 13.3. The minimum Gasteiger partial charge on any atom is -0.323 e. The Bertz CT molecular complexity index is 398. The normalized spacial score (nSPS) is 19.4. The summed E-state index contributed by atoms with van der Waals surface area (Å²) in [5.74, 6) is 0. The maximum atomic E-state index is 6.09. The molecule has 0 amide bonds. The van der Waals surface area contributed by atoms with Crippen LogP contribution in [0.5, 0.6) is 0 Å². The number of likely N-dealkylation sites (tertiary alicyclic amines) is 1. The maximum absolute atomic E-state index is 6.09. The molecule has 0 aromatic carbocycles. The van der Waals surface area contributed by atoms with Crippen LogP contribution in [-0.4, -0.2) is 23.0 Å². The van der Waals surface area contributed by atoms with Crippen LogP contribution in [0.1, 0.15) is 62.2 Å². The number of nitrogens with two attached hydrogens (primary N) is 1. The first-order chi connectivity index (χ1) is 8.38. The van der Waals surface area contributed by atoms with Crippen molar-refractivity contribution in [3.05, 3.63) is 15.6 Å². The molecule has 0 aliphatic carbocycles. The Labute approximate surface area is 114 Å². The van der Waals surface area contributed by atoms with E-state index in [4.69, 9.17) is 10.7 Å². The van der Waals surface area contributed by atoms with Gasteiger partial charge < -0.3 is 5.73 Å². The Kier molecular flexibility index (Phi) is 4.09. The van der Waals surface area contributed by atoms with Crippen LogP contribution < -0.4 is 5.73 Å². The molecule has 1 atom stereocenters. The minimum absolute atomic E-state index is 0.0860. The number of aromatic nitrogens is 1. The Morgan fingerprint density at radius 2 is 1.94 bits per heavy atom. The van der Waals surface area contributed by atoms with Gasteiger partial charge in [-0.2, -0.15) is 0 Å². The second kappa shape index (κ2) is 5.27. The summed E-state index contributed by atoms with van der Waals surface area (Å²) >= 11 is 1.80. The van der Waals surface area contributed by atoms with E-state index in [1.54, 1.807) is 11.3 Å². The zero-order valence-corrected chi connectivity index (χ0v) is 12.8. The van der Waals surface area contributed by atoms with Crippen molar-refractivity contribution >= 4 is 11.3 Å². The van der Waals surface area contributed by atoms with E-state index in [2.05, 4.69) is 32.6 Å². The highest BCUT2D eigenvalue weighted by Crippen LogP contribution is 2.33. The summed E-state index contributed by atoms with van der Waals surface area (Å²) in [6.07, 6.45) is 2.66. The Balaban J connectivity index is 2.21. The van der Waals surface area contributed by atoms with E-state index in [-0.39, 0.29) is 11.5 Å². The number of nitrogens with zero attached hydrogens (tertiary/aromatic N) is 2. The van der Waals surface area contributed by atoms with E-state index >= 15 is 0 Å². The predicted octanol–water partition coefficient (Wildman–Crippen LogP) is 3.06. The van der Waals surface area contributed by atoms with E-state index < -0.39 is 0 Å². The fourth-order valence-electron chi connectivity index (χ4n) is 2.42. The van der Waals surface area contributed by atoms with Gasteiger partial charge in [0.2, 0.25) is 0 Å². The van der Waals surface area contributed by atoms with Crippen molar-refractivity contribution in [2.75, 3.05) is 13.1 Å². The minimum atomic E-state index is 0.0860. The van der Waals surface area contributed by atoms with Crippen molar-refractivity contribution < 1.29 is 0 Å². The predicted molar refractivity (Wildman–Crippen MR) is 77.9 cm³/mol. The van der Waals surface area contributed by atoms with Crippen molar-refractivity contribution in [1.29, 1.82) is 0 Å². The third-order valence-corrected chi connectivity index (χ3v) is 4.62. The molecule has 2 heterocycles. The quantitative estimate of drug-likeness (QED) is 0.915. The van der Waals surface area contributed by atoms with Crippen molar-refractivity contribution in [3.63, 3.8) is 0 Å². The molecule has 2 rings (SSSR count). The van der Waals surface area contributed by atoms with Gasteiger partial charge in [-0.3, -0.25) is 4.90 Å². The molecule has 1 aliphatic rings. The molecule has 2 N–H and O–H groups in total. The second-order valence-electron chi connectivity index (χ2n) is 6.34. The maximum Gasteiger partial charge on any atom is 0.107 e. The first-order valence-corrected chi connectivity index (χ1v) is 7.67. The standard InChI is InChI=1S/C14H25N3S/c1-10(15)12-13(14(2,3)4)16-11(18-12)9-17-7-5-6-8-17/h10H,5-9,15H2,1-4H3. The molecule has 18 heavy (non-hydrogen) atoms. The van der Waals surface area contributed by atoms with Gasteiger partial charge >= 0.3 is 0 Å². The Hall–Kier alpha value is -0.450. The van der Waals surface area contributed by atoms with Crippen LogP contribution in [0.3, 0.4) is 0 Å². The topological polar surface area (TPSA) is 42.1 Å². The molecule has 0 bridgehead atoms. The van der Waals surface area contributed by atoms with E-state index in [0.717, 1.165) is 6.54 Å². The number of thiazole rings is 1. The van der Waals surface area contributed by atoms with Gasteiger partial charge in [-0.15, -0.1) is 11.3 Å². The van der Waals surface area contributed by atoms with Crippen molar-refractivity contribution in [1.82, 2.24) is 9.88 Å². The van der Waals surface area contributed by atoms with E-state index in [0.29, 0.717) is 0 Å². The smallest absolute Gasteiger partial charge is 0.107 e. The Morgan fingerprint density at radius 1 is 1.33 bits per heavy atom. The molecule has 1 fully saturated rings. The molecule has 102 valence electrons. The number of hydrogen-bond acceptors (Lipinski definition) is 4.